The summed E-state index contributed by atoms with van der Waals surface area (Å²) in [5.74, 6) is 2.01. The zero-order valence-corrected chi connectivity index (χ0v) is 21.6. The molecule has 0 amide bonds. The molecule has 2 aromatic carbocycles. The normalized spacial score (nSPS) is 16.3. The molecule has 1 aliphatic heterocycles. The highest BCUT2D eigenvalue weighted by Crippen LogP contribution is 2.38. The molecule has 0 aliphatic carbocycles. The van der Waals surface area contributed by atoms with Crippen molar-refractivity contribution in [3.05, 3.63) is 47.3 Å². The Hall–Kier alpha value is -3.31. The lowest BCUT2D eigenvalue weighted by atomic mass is 9.82. The van der Waals surface area contributed by atoms with Crippen LogP contribution in [0.25, 0.3) is 10.9 Å². The number of nitrogens with zero attached hydrogens (tertiary/aromatic N) is 3. The molecule has 37 heavy (non-hydrogen) atoms. The van der Waals surface area contributed by atoms with Gasteiger partial charge in [-0.1, -0.05) is 0 Å². The van der Waals surface area contributed by atoms with Gasteiger partial charge < -0.3 is 30.2 Å². The van der Waals surface area contributed by atoms with E-state index < -0.39 is 17.8 Å². The average molecular weight is 520 g/mol. The summed E-state index contributed by atoms with van der Waals surface area (Å²) in [5, 5.41) is 3.89. The Kier molecular flexibility index (Phi) is 7.38. The van der Waals surface area contributed by atoms with Crippen molar-refractivity contribution in [3.63, 3.8) is 0 Å². The Bertz CT molecular complexity index is 1270. The number of nitrogen functional groups attached to an aromatic ring is 1. The summed E-state index contributed by atoms with van der Waals surface area (Å²) in [6, 6.07) is 6.58. The Morgan fingerprint density at radius 1 is 1.08 bits per heavy atom. The Labute approximate surface area is 213 Å². The van der Waals surface area contributed by atoms with Crippen molar-refractivity contribution in [2.75, 3.05) is 58.6 Å². The molecule has 0 saturated carbocycles. The lowest BCUT2D eigenvalue weighted by Gasteiger charge is -2.47. The van der Waals surface area contributed by atoms with Crippen LogP contribution in [0.4, 0.5) is 24.7 Å². The number of anilines is 2. The molecule has 1 aromatic heterocycles. The van der Waals surface area contributed by atoms with Gasteiger partial charge in [-0.15, -0.1) is 0 Å². The summed E-state index contributed by atoms with van der Waals surface area (Å²) in [7, 11) is 5.28. The van der Waals surface area contributed by atoms with Crippen LogP contribution in [0.2, 0.25) is 0 Å². The van der Waals surface area contributed by atoms with Gasteiger partial charge in [-0.2, -0.15) is 13.2 Å². The maximum absolute atomic E-state index is 13.3. The number of methoxy groups -OCH3 is 2. The van der Waals surface area contributed by atoms with E-state index in [9.17, 15) is 13.2 Å². The van der Waals surface area contributed by atoms with Crippen molar-refractivity contribution < 1.29 is 27.4 Å². The molecule has 0 unspecified atom stereocenters. The first-order valence-electron chi connectivity index (χ1n) is 11.8. The van der Waals surface area contributed by atoms with Crippen LogP contribution in [0, 0.1) is 12.3 Å². The van der Waals surface area contributed by atoms with Crippen molar-refractivity contribution in [3.8, 4) is 11.5 Å². The molecule has 0 radical (unpaired) electrons. The van der Waals surface area contributed by atoms with Crippen molar-refractivity contribution >= 4 is 22.4 Å². The van der Waals surface area contributed by atoms with Gasteiger partial charge in [0.25, 0.3) is 0 Å². The lowest BCUT2D eigenvalue weighted by Crippen LogP contribution is -2.59. The van der Waals surface area contributed by atoms with E-state index in [4.69, 9.17) is 19.9 Å². The predicted molar refractivity (Wildman–Crippen MR) is 136 cm³/mol. The fraction of sp³-hybridized carbons (Fsp3) is 0.462. The van der Waals surface area contributed by atoms with Gasteiger partial charge in [-0.25, -0.2) is 9.97 Å². The van der Waals surface area contributed by atoms with Crippen LogP contribution < -0.4 is 20.5 Å². The number of fused-ring (bicyclic) bond motifs is 1. The number of hydrogen-bond acceptors (Lipinski definition) is 8. The van der Waals surface area contributed by atoms with Gasteiger partial charge in [0.1, 0.15) is 11.6 Å². The zero-order chi connectivity index (χ0) is 27.0. The molecular formula is C26H32F3N5O3. The summed E-state index contributed by atoms with van der Waals surface area (Å²) < 4.78 is 57.2. The van der Waals surface area contributed by atoms with Crippen LogP contribution in [-0.4, -0.2) is 62.4 Å². The smallest absolute Gasteiger partial charge is 0.416 e. The number of ether oxygens (including phenoxy) is 3. The number of likely N-dealkylation sites (tertiary alicyclic amines) is 1. The minimum Gasteiger partial charge on any atom is -0.493 e. The zero-order valence-electron chi connectivity index (χ0n) is 21.6. The molecule has 2 heterocycles. The van der Waals surface area contributed by atoms with Gasteiger partial charge in [-0.05, 0) is 50.7 Å². The maximum Gasteiger partial charge on any atom is 0.416 e. The van der Waals surface area contributed by atoms with E-state index in [1.807, 2.05) is 7.05 Å². The number of nitrogens with two attached hydrogens (primary N) is 1. The first-order valence-corrected chi connectivity index (χ1v) is 11.8. The van der Waals surface area contributed by atoms with Gasteiger partial charge in [-0.3, -0.25) is 0 Å². The van der Waals surface area contributed by atoms with E-state index in [1.54, 1.807) is 40.2 Å². The minimum atomic E-state index is -4.50. The third-order valence-electron chi connectivity index (χ3n) is 6.45. The van der Waals surface area contributed by atoms with Crippen molar-refractivity contribution in [2.45, 2.75) is 26.1 Å². The number of halogens is 3. The number of benzene rings is 2. The predicted octanol–water partition coefficient (Wildman–Crippen LogP) is 4.68. The third-order valence-corrected chi connectivity index (χ3v) is 6.45. The Morgan fingerprint density at radius 3 is 2.43 bits per heavy atom. The van der Waals surface area contributed by atoms with E-state index in [-0.39, 0.29) is 11.1 Å². The van der Waals surface area contributed by atoms with Crippen molar-refractivity contribution in [2.24, 2.45) is 5.41 Å². The number of alkyl halides is 3. The molecule has 11 heteroatoms. The molecule has 3 aromatic rings. The topological polar surface area (TPSA) is 94.8 Å². The lowest BCUT2D eigenvalue weighted by molar-refractivity contribution is -0.137. The SMILES string of the molecule is COCC1(COc2cc3c(N[C@H](C)c4cc(N)cc(C(F)(F)F)c4)nc(C)nc3cc2OC)CN(C)C1. The fourth-order valence-corrected chi connectivity index (χ4v) is 4.87. The molecule has 8 nitrogen and oxygen atoms in total. The van der Waals surface area contributed by atoms with E-state index in [0.717, 1.165) is 25.2 Å². The summed E-state index contributed by atoms with van der Waals surface area (Å²) in [4.78, 5) is 11.2. The number of aromatic nitrogens is 2. The van der Waals surface area contributed by atoms with Crippen LogP contribution >= 0.6 is 0 Å². The van der Waals surface area contributed by atoms with E-state index in [0.29, 0.717) is 52.8 Å². The molecule has 3 N–H and O–H groups in total. The van der Waals surface area contributed by atoms with Crippen molar-refractivity contribution in [1.29, 1.82) is 0 Å². The molecule has 200 valence electrons. The summed E-state index contributed by atoms with van der Waals surface area (Å²) >= 11 is 0. The second-order valence-electron chi connectivity index (χ2n) is 9.79. The largest absolute Gasteiger partial charge is 0.493 e. The highest BCUT2D eigenvalue weighted by atomic mass is 19.4. The van der Waals surface area contributed by atoms with E-state index in [2.05, 4.69) is 20.2 Å². The number of hydrogen-bond donors (Lipinski definition) is 2. The number of nitrogens with one attached hydrogen (secondary N) is 1. The monoisotopic (exact) mass is 519 g/mol. The van der Waals surface area contributed by atoms with E-state index >= 15 is 0 Å². The molecule has 0 spiro atoms. The summed E-state index contributed by atoms with van der Waals surface area (Å²) in [6.07, 6.45) is -4.50. The summed E-state index contributed by atoms with van der Waals surface area (Å²) in [5.41, 5.74) is 5.89. The van der Waals surface area contributed by atoms with Gasteiger partial charge in [0, 0.05) is 37.3 Å². The fourth-order valence-electron chi connectivity index (χ4n) is 4.87. The molecule has 4 rings (SSSR count). The first-order chi connectivity index (χ1) is 17.4. The summed E-state index contributed by atoms with van der Waals surface area (Å²) in [6.45, 7) is 6.20. The molecule has 1 saturated heterocycles. The highest BCUT2D eigenvalue weighted by molar-refractivity contribution is 5.92. The number of rotatable bonds is 9. The maximum atomic E-state index is 13.3. The Balaban J connectivity index is 1.67. The Morgan fingerprint density at radius 2 is 1.81 bits per heavy atom. The van der Waals surface area contributed by atoms with Crippen LogP contribution in [-0.2, 0) is 10.9 Å². The second-order valence-corrected chi connectivity index (χ2v) is 9.79. The van der Waals surface area contributed by atoms with Crippen LogP contribution in [0.5, 0.6) is 11.5 Å². The third kappa shape index (κ3) is 5.83. The minimum absolute atomic E-state index is 0.0363. The van der Waals surface area contributed by atoms with Crippen LogP contribution in [0.3, 0.4) is 0 Å². The van der Waals surface area contributed by atoms with Crippen molar-refractivity contribution in [1.82, 2.24) is 14.9 Å². The highest BCUT2D eigenvalue weighted by Gasteiger charge is 2.42. The van der Waals surface area contributed by atoms with Gasteiger partial charge in [0.2, 0.25) is 0 Å². The van der Waals surface area contributed by atoms with E-state index in [1.165, 1.54) is 6.07 Å². The molecule has 1 fully saturated rings. The molecule has 1 aliphatic rings. The van der Waals surface area contributed by atoms with Crippen LogP contribution in [0.1, 0.15) is 29.9 Å². The second kappa shape index (κ2) is 10.2. The number of aryl methyl sites for hydroxylation is 1. The average Bonchev–Trinajstić information content (AvgIpc) is 2.80. The standard InChI is InChI=1S/C26H32F3N5O3/c1-15(17-6-18(26(27,28)29)8-19(30)7-17)31-24-20-9-23(22(36-5)10-21(20)32-16(2)33-24)37-14-25(13-35-4)11-34(3)12-25/h6-10,15H,11-14,30H2,1-5H3,(H,31,32,33)/t15-/m1/s1. The molecule has 0 bridgehead atoms. The van der Waals surface area contributed by atoms with Gasteiger partial charge in [0.15, 0.2) is 11.5 Å². The van der Waals surface area contributed by atoms with Gasteiger partial charge >= 0.3 is 6.18 Å². The quantitative estimate of drug-likeness (QED) is 0.394. The molecule has 1 atom stereocenters. The van der Waals surface area contributed by atoms with Gasteiger partial charge in [0.05, 0.1) is 42.9 Å². The van der Waals surface area contributed by atoms with Crippen LogP contribution in [0.15, 0.2) is 30.3 Å². The first kappa shape index (κ1) is 26.7. The molecular weight excluding hydrogens is 487 g/mol.